The lowest BCUT2D eigenvalue weighted by molar-refractivity contribution is -0.149. The van der Waals surface area contributed by atoms with Gasteiger partial charge in [0.05, 0.1) is 12.7 Å². The Morgan fingerprint density at radius 2 is 1.72 bits per heavy atom. The molecular formula is C20H31NO4. The van der Waals surface area contributed by atoms with Crippen molar-refractivity contribution in [2.45, 2.75) is 77.9 Å². The van der Waals surface area contributed by atoms with E-state index in [9.17, 15) is 9.70 Å². The number of nitrogens with zero attached hydrogens (tertiary/aromatic N) is 1. The Morgan fingerprint density at radius 3 is 2.24 bits per heavy atom. The molecular weight excluding hydrogens is 318 g/mol. The molecule has 0 heterocycles. The molecule has 0 radical (unpaired) electrons. The summed E-state index contributed by atoms with van der Waals surface area (Å²) in [6.45, 7) is 10.7. The van der Waals surface area contributed by atoms with Gasteiger partial charge in [-0.05, 0) is 56.2 Å². The highest BCUT2D eigenvalue weighted by atomic mass is 16.5. The van der Waals surface area contributed by atoms with Gasteiger partial charge in [-0.25, -0.2) is 4.79 Å². The summed E-state index contributed by atoms with van der Waals surface area (Å²) >= 11 is 0. The van der Waals surface area contributed by atoms with Crippen LogP contribution in [0.4, 0.5) is 0 Å². The molecule has 1 atom stereocenters. The fraction of sp³-hybridized carbons (Fsp3) is 0.650. The van der Waals surface area contributed by atoms with Crippen molar-refractivity contribution in [3.05, 3.63) is 34.7 Å². The molecule has 0 saturated carbocycles. The Hall–Kier alpha value is -1.91. The number of rotatable bonds is 10. The number of unbranched alkanes of at least 4 members (excludes halogenated alkanes) is 2. The van der Waals surface area contributed by atoms with Crippen LogP contribution in [0.5, 0.6) is 5.75 Å². The minimum atomic E-state index is -0.895. The first-order valence-electron chi connectivity index (χ1n) is 9.00. The summed E-state index contributed by atoms with van der Waals surface area (Å²) in [5.74, 6) is 0.334. The van der Waals surface area contributed by atoms with Gasteiger partial charge in [0.1, 0.15) is 5.75 Å². The summed E-state index contributed by atoms with van der Waals surface area (Å²) in [5.41, 5.74) is 1.42. The number of carbonyl (C=O) groups is 1. The van der Waals surface area contributed by atoms with Gasteiger partial charge in [0.2, 0.25) is 0 Å². The zero-order chi connectivity index (χ0) is 18.9. The number of hydrogen-bond donors (Lipinski definition) is 0. The Bertz CT molecular complexity index is 532. The molecule has 1 aromatic rings. The van der Waals surface area contributed by atoms with Crippen LogP contribution in [0, 0.1) is 4.91 Å². The maximum absolute atomic E-state index is 11.6. The van der Waals surface area contributed by atoms with Crippen molar-refractivity contribution in [3.63, 3.8) is 0 Å². The third-order valence-electron chi connectivity index (χ3n) is 3.86. The summed E-state index contributed by atoms with van der Waals surface area (Å²) in [6, 6.07) is 7.28. The average molecular weight is 349 g/mol. The molecule has 5 heteroatoms. The van der Waals surface area contributed by atoms with Gasteiger partial charge >= 0.3 is 5.97 Å². The van der Waals surface area contributed by atoms with E-state index in [1.165, 1.54) is 5.56 Å². The number of carbonyl (C=O) groups excluding carboxylic acids is 1. The zero-order valence-corrected chi connectivity index (χ0v) is 16.1. The highest BCUT2D eigenvalue weighted by Gasteiger charge is 2.21. The van der Waals surface area contributed by atoms with Crippen molar-refractivity contribution >= 4 is 5.97 Å². The number of nitroso groups, excluding NO2 is 1. The first-order chi connectivity index (χ1) is 11.7. The monoisotopic (exact) mass is 349 g/mol. The van der Waals surface area contributed by atoms with Crippen LogP contribution < -0.4 is 4.74 Å². The van der Waals surface area contributed by atoms with Crippen LogP contribution in [0.2, 0.25) is 0 Å². The molecule has 1 rings (SSSR count). The molecule has 0 aliphatic heterocycles. The molecule has 5 nitrogen and oxygen atoms in total. The topological polar surface area (TPSA) is 65.0 Å². The predicted molar refractivity (Wildman–Crippen MR) is 99.9 cm³/mol. The standard InChI is InChI=1S/C20H31NO4/c1-15(2)25-19(22)18(21-23)9-7-6-8-14-24-17-12-10-16(11-13-17)20(3,4)5/h10-13,15,18H,6-9,14H2,1-5H3. The van der Waals surface area contributed by atoms with E-state index in [1.807, 2.05) is 12.1 Å². The summed E-state index contributed by atoms with van der Waals surface area (Å²) in [5, 5.41) is 2.88. The van der Waals surface area contributed by atoms with Crippen LogP contribution in [0.15, 0.2) is 29.4 Å². The molecule has 0 spiro atoms. The second kappa shape index (κ2) is 10.2. The van der Waals surface area contributed by atoms with E-state index in [0.29, 0.717) is 13.0 Å². The first-order valence-corrected chi connectivity index (χ1v) is 9.00. The van der Waals surface area contributed by atoms with Gasteiger partial charge in [0.15, 0.2) is 6.04 Å². The summed E-state index contributed by atoms with van der Waals surface area (Å²) in [7, 11) is 0. The number of benzene rings is 1. The quantitative estimate of drug-likeness (QED) is 0.338. The molecule has 0 N–H and O–H groups in total. The normalized spacial score (nSPS) is 12.7. The maximum atomic E-state index is 11.6. The smallest absolute Gasteiger partial charge is 0.334 e. The van der Waals surface area contributed by atoms with Crippen molar-refractivity contribution in [1.82, 2.24) is 0 Å². The summed E-state index contributed by atoms with van der Waals surface area (Å²) < 4.78 is 10.7. The van der Waals surface area contributed by atoms with E-state index < -0.39 is 12.0 Å². The minimum Gasteiger partial charge on any atom is -0.494 e. The van der Waals surface area contributed by atoms with Gasteiger partial charge in [0, 0.05) is 0 Å². The fourth-order valence-corrected chi connectivity index (χ4v) is 2.38. The van der Waals surface area contributed by atoms with Crippen molar-refractivity contribution in [1.29, 1.82) is 0 Å². The molecule has 0 aliphatic carbocycles. The second-order valence-corrected chi connectivity index (χ2v) is 7.58. The molecule has 1 aromatic carbocycles. The van der Waals surface area contributed by atoms with Crippen LogP contribution in [0.1, 0.15) is 65.9 Å². The van der Waals surface area contributed by atoms with Crippen LogP contribution in [-0.4, -0.2) is 24.7 Å². The number of esters is 1. The molecule has 0 bridgehead atoms. The van der Waals surface area contributed by atoms with Crippen molar-refractivity contribution in [3.8, 4) is 5.75 Å². The molecule has 0 saturated heterocycles. The molecule has 25 heavy (non-hydrogen) atoms. The van der Waals surface area contributed by atoms with E-state index in [2.05, 4.69) is 38.1 Å². The number of ether oxygens (including phenoxy) is 2. The highest BCUT2D eigenvalue weighted by molar-refractivity contribution is 5.76. The molecule has 0 aromatic heterocycles. The zero-order valence-electron chi connectivity index (χ0n) is 16.1. The lowest BCUT2D eigenvalue weighted by atomic mass is 9.87. The largest absolute Gasteiger partial charge is 0.494 e. The lowest BCUT2D eigenvalue weighted by Crippen LogP contribution is -2.24. The first kappa shape index (κ1) is 21.1. The van der Waals surface area contributed by atoms with E-state index in [4.69, 9.17) is 9.47 Å². The highest BCUT2D eigenvalue weighted by Crippen LogP contribution is 2.24. The second-order valence-electron chi connectivity index (χ2n) is 7.58. The average Bonchev–Trinajstić information content (AvgIpc) is 2.53. The van der Waals surface area contributed by atoms with Gasteiger partial charge in [-0.1, -0.05) is 44.5 Å². The fourth-order valence-electron chi connectivity index (χ4n) is 2.38. The maximum Gasteiger partial charge on any atom is 0.334 e. The van der Waals surface area contributed by atoms with Gasteiger partial charge in [-0.3, -0.25) is 0 Å². The molecule has 0 aliphatic rings. The summed E-state index contributed by atoms with van der Waals surface area (Å²) in [4.78, 5) is 22.4. The number of hydrogen-bond acceptors (Lipinski definition) is 5. The van der Waals surface area contributed by atoms with E-state index in [0.717, 1.165) is 25.0 Å². The Labute approximate surface area is 151 Å². The molecule has 1 unspecified atom stereocenters. The van der Waals surface area contributed by atoms with Gasteiger partial charge in [0.25, 0.3) is 0 Å². The summed E-state index contributed by atoms with van der Waals surface area (Å²) in [6.07, 6.45) is 2.69. The van der Waals surface area contributed by atoms with Gasteiger partial charge in [-0.2, -0.15) is 0 Å². The van der Waals surface area contributed by atoms with E-state index >= 15 is 0 Å². The predicted octanol–water partition coefficient (Wildman–Crippen LogP) is 5.01. The molecule has 140 valence electrons. The lowest BCUT2D eigenvalue weighted by Gasteiger charge is -2.19. The molecule has 0 amide bonds. The van der Waals surface area contributed by atoms with Crippen LogP contribution in [0.3, 0.4) is 0 Å². The van der Waals surface area contributed by atoms with E-state index in [-0.39, 0.29) is 11.5 Å². The third-order valence-corrected chi connectivity index (χ3v) is 3.86. The van der Waals surface area contributed by atoms with Crippen LogP contribution in [-0.2, 0) is 14.9 Å². The molecule has 0 fully saturated rings. The van der Waals surface area contributed by atoms with Gasteiger partial charge in [-0.15, -0.1) is 4.91 Å². The minimum absolute atomic E-state index is 0.137. The third kappa shape index (κ3) is 8.14. The Morgan fingerprint density at radius 1 is 1.08 bits per heavy atom. The van der Waals surface area contributed by atoms with Crippen molar-refractivity contribution < 1.29 is 14.3 Å². The van der Waals surface area contributed by atoms with Crippen molar-refractivity contribution in [2.24, 2.45) is 5.18 Å². The van der Waals surface area contributed by atoms with Crippen LogP contribution >= 0.6 is 0 Å². The van der Waals surface area contributed by atoms with E-state index in [1.54, 1.807) is 13.8 Å². The SMILES string of the molecule is CC(C)OC(=O)C(CCCCCOc1ccc(C(C)(C)C)cc1)N=O. The Kier molecular flexibility index (Phi) is 8.59. The Balaban J connectivity index is 2.23. The van der Waals surface area contributed by atoms with Gasteiger partial charge < -0.3 is 9.47 Å². The van der Waals surface area contributed by atoms with Crippen molar-refractivity contribution in [2.75, 3.05) is 6.61 Å². The van der Waals surface area contributed by atoms with Crippen LogP contribution in [0.25, 0.3) is 0 Å².